The van der Waals surface area contributed by atoms with Gasteiger partial charge < -0.3 is 0 Å². The Morgan fingerprint density at radius 1 is 0.857 bits per heavy atom. The minimum atomic E-state index is -0.771. The minimum absolute atomic E-state index is 0.771. The van der Waals surface area contributed by atoms with Crippen LogP contribution in [-0.4, -0.2) is 4.21 Å². The standard InChI is InChI=1S/C12H18OS/c13-14(11-7-3-1-4-8-11)12-9-5-2-6-10-12/h7,9H,1-6,8,10H2. The van der Waals surface area contributed by atoms with Gasteiger partial charge in [-0.3, -0.25) is 0 Å². The Morgan fingerprint density at radius 2 is 1.36 bits per heavy atom. The molecule has 0 amide bonds. The van der Waals surface area contributed by atoms with Crippen molar-refractivity contribution in [3.63, 3.8) is 0 Å². The van der Waals surface area contributed by atoms with Crippen LogP contribution < -0.4 is 0 Å². The van der Waals surface area contributed by atoms with Crippen molar-refractivity contribution in [1.82, 2.24) is 0 Å². The molecular weight excluding hydrogens is 192 g/mol. The Kier molecular flexibility index (Phi) is 3.57. The summed E-state index contributed by atoms with van der Waals surface area (Å²) in [4.78, 5) is 2.40. The molecule has 0 atom stereocenters. The molecule has 0 unspecified atom stereocenters. The maximum absolute atomic E-state index is 12.1. The van der Waals surface area contributed by atoms with Crippen molar-refractivity contribution >= 4 is 10.8 Å². The van der Waals surface area contributed by atoms with Crippen molar-refractivity contribution in [3.8, 4) is 0 Å². The molecule has 0 heterocycles. The van der Waals surface area contributed by atoms with Crippen molar-refractivity contribution in [2.45, 2.75) is 51.4 Å². The molecular formula is C12H18OS. The van der Waals surface area contributed by atoms with Gasteiger partial charge in [0.05, 0.1) is 10.8 Å². The zero-order valence-corrected chi connectivity index (χ0v) is 9.44. The van der Waals surface area contributed by atoms with Gasteiger partial charge in [0.2, 0.25) is 0 Å². The van der Waals surface area contributed by atoms with Gasteiger partial charge in [-0.2, -0.15) is 0 Å². The van der Waals surface area contributed by atoms with Crippen molar-refractivity contribution in [2.75, 3.05) is 0 Å². The summed E-state index contributed by atoms with van der Waals surface area (Å²) in [6.45, 7) is 0. The third kappa shape index (κ3) is 2.35. The summed E-state index contributed by atoms with van der Waals surface area (Å²) in [5, 5.41) is 0. The normalized spacial score (nSPS) is 23.2. The second-order valence-corrected chi connectivity index (χ2v) is 5.69. The number of hydrogen-bond donors (Lipinski definition) is 0. The van der Waals surface area contributed by atoms with Crippen molar-refractivity contribution in [1.29, 1.82) is 0 Å². The Bertz CT molecular complexity index is 261. The molecule has 0 N–H and O–H groups in total. The van der Waals surface area contributed by atoms with Gasteiger partial charge in [0.15, 0.2) is 0 Å². The quantitative estimate of drug-likeness (QED) is 0.680. The molecule has 0 aromatic heterocycles. The molecule has 0 saturated heterocycles. The largest absolute Gasteiger partial charge is 0.250 e. The van der Waals surface area contributed by atoms with E-state index in [1.54, 1.807) is 0 Å². The Balaban J connectivity index is 2.06. The van der Waals surface area contributed by atoms with Crippen LogP contribution in [0.15, 0.2) is 22.0 Å². The summed E-state index contributed by atoms with van der Waals surface area (Å²) < 4.78 is 12.1. The summed E-state index contributed by atoms with van der Waals surface area (Å²) in [5.41, 5.74) is 0. The van der Waals surface area contributed by atoms with Crippen LogP contribution >= 0.6 is 0 Å². The summed E-state index contributed by atoms with van der Waals surface area (Å²) in [6, 6.07) is 0. The van der Waals surface area contributed by atoms with Gasteiger partial charge in [0, 0.05) is 9.81 Å². The first-order valence-electron chi connectivity index (χ1n) is 5.68. The fraction of sp³-hybridized carbons (Fsp3) is 0.667. The van der Waals surface area contributed by atoms with Gasteiger partial charge >= 0.3 is 0 Å². The van der Waals surface area contributed by atoms with Gasteiger partial charge in [-0.1, -0.05) is 12.2 Å². The van der Waals surface area contributed by atoms with E-state index >= 15 is 0 Å². The molecule has 0 bridgehead atoms. The fourth-order valence-electron chi connectivity index (χ4n) is 2.12. The first kappa shape index (κ1) is 10.2. The molecule has 2 heteroatoms. The second-order valence-electron chi connectivity index (χ2n) is 4.10. The molecule has 2 aliphatic rings. The highest BCUT2D eigenvalue weighted by Gasteiger charge is 2.16. The first-order valence-corrected chi connectivity index (χ1v) is 6.83. The van der Waals surface area contributed by atoms with Crippen LogP contribution in [0.3, 0.4) is 0 Å². The molecule has 0 aromatic carbocycles. The van der Waals surface area contributed by atoms with Crippen molar-refractivity contribution < 1.29 is 4.21 Å². The van der Waals surface area contributed by atoms with Crippen LogP contribution in [0, 0.1) is 0 Å². The lowest BCUT2D eigenvalue weighted by atomic mass is 10.1. The maximum Gasteiger partial charge on any atom is 0.0760 e. The van der Waals surface area contributed by atoms with Gasteiger partial charge in [0.25, 0.3) is 0 Å². The Morgan fingerprint density at radius 3 is 1.71 bits per heavy atom. The van der Waals surface area contributed by atoms with E-state index in [0.717, 1.165) is 25.7 Å². The molecule has 0 spiro atoms. The van der Waals surface area contributed by atoms with Crippen molar-refractivity contribution in [2.24, 2.45) is 0 Å². The van der Waals surface area contributed by atoms with Gasteiger partial charge in [-0.25, -0.2) is 4.21 Å². The smallest absolute Gasteiger partial charge is 0.0760 e. The molecule has 78 valence electrons. The lowest BCUT2D eigenvalue weighted by Gasteiger charge is -2.16. The van der Waals surface area contributed by atoms with Gasteiger partial charge in [0.1, 0.15) is 0 Å². The molecule has 2 rings (SSSR count). The van der Waals surface area contributed by atoms with E-state index in [2.05, 4.69) is 12.2 Å². The molecule has 2 aliphatic carbocycles. The SMILES string of the molecule is O=S(C1=CCCCC1)C1=CCCCC1. The van der Waals surface area contributed by atoms with Gasteiger partial charge in [-0.15, -0.1) is 0 Å². The van der Waals surface area contributed by atoms with E-state index in [1.807, 2.05) is 0 Å². The zero-order valence-electron chi connectivity index (χ0n) is 8.63. The van der Waals surface area contributed by atoms with E-state index in [1.165, 1.54) is 35.5 Å². The van der Waals surface area contributed by atoms with Crippen LogP contribution in [0.2, 0.25) is 0 Å². The van der Waals surface area contributed by atoms with E-state index < -0.39 is 10.8 Å². The Hall–Kier alpha value is -0.370. The molecule has 0 saturated carbocycles. The van der Waals surface area contributed by atoms with Crippen LogP contribution in [0.1, 0.15) is 51.4 Å². The third-order valence-electron chi connectivity index (χ3n) is 2.97. The van der Waals surface area contributed by atoms with Crippen LogP contribution in [0.5, 0.6) is 0 Å². The molecule has 0 radical (unpaired) electrons. The van der Waals surface area contributed by atoms with E-state index in [-0.39, 0.29) is 0 Å². The van der Waals surface area contributed by atoms with Crippen molar-refractivity contribution in [3.05, 3.63) is 22.0 Å². The number of rotatable bonds is 2. The van der Waals surface area contributed by atoms with Gasteiger partial charge in [-0.05, 0) is 51.4 Å². The molecule has 14 heavy (non-hydrogen) atoms. The molecule has 1 nitrogen and oxygen atoms in total. The lowest BCUT2D eigenvalue weighted by Crippen LogP contribution is -2.04. The topological polar surface area (TPSA) is 17.1 Å². The lowest BCUT2D eigenvalue weighted by molar-refractivity contribution is 0.669. The van der Waals surface area contributed by atoms with E-state index in [0.29, 0.717) is 0 Å². The summed E-state index contributed by atoms with van der Waals surface area (Å²) in [5.74, 6) is 0. The maximum atomic E-state index is 12.1. The first-order chi connectivity index (χ1) is 6.88. The number of allylic oxidation sites excluding steroid dienone is 4. The predicted octanol–water partition coefficient (Wildman–Crippen LogP) is 3.65. The summed E-state index contributed by atoms with van der Waals surface area (Å²) >= 11 is 0. The fourth-order valence-corrected chi connectivity index (χ4v) is 3.66. The third-order valence-corrected chi connectivity index (χ3v) is 4.67. The molecule has 0 aromatic rings. The average Bonchev–Trinajstić information content (AvgIpc) is 2.30. The Labute approximate surface area is 88.7 Å². The van der Waals surface area contributed by atoms with Crippen LogP contribution in [-0.2, 0) is 10.8 Å². The zero-order chi connectivity index (χ0) is 9.80. The van der Waals surface area contributed by atoms with Crippen LogP contribution in [0.25, 0.3) is 0 Å². The highest BCUT2D eigenvalue weighted by Crippen LogP contribution is 2.28. The predicted molar refractivity (Wildman–Crippen MR) is 61.2 cm³/mol. The molecule has 0 aliphatic heterocycles. The average molecular weight is 210 g/mol. The number of hydrogen-bond acceptors (Lipinski definition) is 1. The summed E-state index contributed by atoms with van der Waals surface area (Å²) in [6.07, 6.45) is 13.8. The van der Waals surface area contributed by atoms with E-state index in [4.69, 9.17) is 0 Å². The highest BCUT2D eigenvalue weighted by atomic mass is 32.2. The highest BCUT2D eigenvalue weighted by molar-refractivity contribution is 7.92. The second kappa shape index (κ2) is 4.92. The van der Waals surface area contributed by atoms with E-state index in [9.17, 15) is 4.21 Å². The minimum Gasteiger partial charge on any atom is -0.250 e. The molecule has 0 fully saturated rings. The van der Waals surface area contributed by atoms with Crippen LogP contribution in [0.4, 0.5) is 0 Å². The summed E-state index contributed by atoms with van der Waals surface area (Å²) in [7, 11) is -0.771. The monoisotopic (exact) mass is 210 g/mol.